The molecule has 3 rings (SSSR count). The summed E-state index contributed by atoms with van der Waals surface area (Å²) in [6, 6.07) is 11.8. The Morgan fingerprint density at radius 1 is 0.895 bits per heavy atom. The number of benzene rings is 3. The van der Waals surface area contributed by atoms with Crippen LogP contribution in [-0.4, -0.2) is 45.0 Å². The second-order valence-corrected chi connectivity index (χ2v) is 10.2. The third-order valence-corrected chi connectivity index (χ3v) is 6.60. The van der Waals surface area contributed by atoms with Gasteiger partial charge in [-0.2, -0.15) is 5.11 Å². The van der Waals surface area contributed by atoms with Gasteiger partial charge in [0.2, 0.25) is 5.91 Å². The number of amides is 1. The number of nitrogens with zero attached hydrogens (tertiary/aromatic N) is 2. The van der Waals surface area contributed by atoms with Crippen LogP contribution in [0.2, 0.25) is 0 Å². The van der Waals surface area contributed by atoms with Crippen molar-refractivity contribution in [3.8, 4) is 5.75 Å². The van der Waals surface area contributed by atoms with Crippen LogP contribution in [0, 0.1) is 0 Å². The van der Waals surface area contributed by atoms with E-state index in [1.807, 2.05) is 0 Å². The van der Waals surface area contributed by atoms with E-state index in [1.165, 1.54) is 30.3 Å². The van der Waals surface area contributed by atoms with Crippen molar-refractivity contribution in [2.75, 3.05) is 13.2 Å². The smallest absolute Gasteiger partial charge is 0.744 e. The topological polar surface area (TPSA) is 177 Å². The molecule has 0 heterocycles. The fraction of sp³-hybridized carbons (Fsp3) is 0.174. The second kappa shape index (κ2) is 15.2. The van der Waals surface area contributed by atoms with E-state index in [0.717, 1.165) is 18.2 Å². The molecule has 0 saturated heterocycles. The first-order valence-electron chi connectivity index (χ1n) is 10.5. The molecule has 11 nitrogen and oxygen atoms in total. The van der Waals surface area contributed by atoms with Gasteiger partial charge in [0, 0.05) is 11.9 Å². The Labute approximate surface area is 264 Å². The molecule has 38 heavy (non-hydrogen) atoms. The molecule has 0 radical (unpaired) electrons. The summed E-state index contributed by atoms with van der Waals surface area (Å²) >= 11 is 0. The summed E-state index contributed by atoms with van der Waals surface area (Å²) in [5, 5.41) is 11.8. The Morgan fingerprint density at radius 3 is 2.13 bits per heavy atom. The Kier molecular flexibility index (Phi) is 13.8. The summed E-state index contributed by atoms with van der Waals surface area (Å²) in [6.45, 7) is 4.10. The summed E-state index contributed by atoms with van der Waals surface area (Å²) in [6.07, 6.45) is 2.42. The van der Waals surface area contributed by atoms with Crippen LogP contribution >= 0.6 is 0 Å². The number of carbonyl (C=O) groups is 1. The molecule has 0 fully saturated rings. The van der Waals surface area contributed by atoms with Crippen molar-refractivity contribution in [3.05, 3.63) is 67.3 Å². The van der Waals surface area contributed by atoms with Crippen LogP contribution in [0.15, 0.2) is 87.3 Å². The standard InChI is InChI=1S/C23H23N3O8S2.2Na/c1-2-22(27)24-13-3-4-14-34-21-12-5-16-15-19(36(31,32)33)10-11-20(16)23(21)26-25-17-6-8-18(9-7-17)35(28,29)30;;/h2,5-12,15H,1,3-4,13-14H2,(H,24,27)(H,28,29,30)(H,31,32,33);;/q;2*+1/p-2. The SMILES string of the molecule is C=CC(=O)NCCCCOc1ccc2cc(S(=O)(=O)[O-])ccc2c1N=Nc1ccc(S(=O)(=O)[O-])cc1.[Na+].[Na+]. The molecule has 3 aromatic rings. The van der Waals surface area contributed by atoms with Gasteiger partial charge in [0.1, 0.15) is 31.7 Å². The molecule has 0 bridgehead atoms. The van der Waals surface area contributed by atoms with Crippen molar-refractivity contribution in [2.45, 2.75) is 22.6 Å². The number of unbranched alkanes of at least 4 members (excludes halogenated alkanes) is 1. The van der Waals surface area contributed by atoms with E-state index >= 15 is 0 Å². The summed E-state index contributed by atoms with van der Waals surface area (Å²) < 4.78 is 73.4. The average molecular weight is 578 g/mol. The van der Waals surface area contributed by atoms with E-state index in [4.69, 9.17) is 4.74 Å². The molecule has 0 unspecified atom stereocenters. The van der Waals surface area contributed by atoms with Crippen LogP contribution in [0.1, 0.15) is 12.8 Å². The molecule has 0 aliphatic heterocycles. The largest absolute Gasteiger partial charge is 1.00 e. The van der Waals surface area contributed by atoms with Crippen LogP contribution in [0.25, 0.3) is 10.8 Å². The molecule has 1 N–H and O–H groups in total. The fourth-order valence-electron chi connectivity index (χ4n) is 3.13. The molecule has 1 amide bonds. The molecule has 0 aliphatic carbocycles. The first kappa shape index (κ1) is 34.4. The number of hydrogen-bond acceptors (Lipinski definition) is 10. The Hall–Kier alpha value is -1.65. The van der Waals surface area contributed by atoms with Crippen LogP contribution in [0.5, 0.6) is 5.75 Å². The van der Waals surface area contributed by atoms with Crippen molar-refractivity contribution in [3.63, 3.8) is 0 Å². The predicted octanol–water partition coefficient (Wildman–Crippen LogP) is -2.47. The third-order valence-electron chi connectivity index (χ3n) is 4.92. The molecule has 0 saturated carbocycles. The molecule has 15 heteroatoms. The maximum Gasteiger partial charge on any atom is 1.00 e. The average Bonchev–Trinajstić information content (AvgIpc) is 2.83. The zero-order valence-electron chi connectivity index (χ0n) is 20.8. The first-order valence-corrected chi connectivity index (χ1v) is 13.3. The summed E-state index contributed by atoms with van der Waals surface area (Å²) in [5.74, 6) is 0.0614. The summed E-state index contributed by atoms with van der Waals surface area (Å²) in [4.78, 5) is 10.4. The predicted molar refractivity (Wildman–Crippen MR) is 128 cm³/mol. The minimum absolute atomic E-state index is 0. The maximum atomic E-state index is 11.4. The van der Waals surface area contributed by atoms with E-state index in [1.54, 1.807) is 12.1 Å². The van der Waals surface area contributed by atoms with Gasteiger partial charge in [-0.25, -0.2) is 16.8 Å². The molecule has 3 aromatic carbocycles. The monoisotopic (exact) mass is 577 g/mol. The number of fused-ring (bicyclic) bond motifs is 1. The zero-order valence-corrected chi connectivity index (χ0v) is 26.4. The normalized spacial score (nSPS) is 11.4. The number of carbonyl (C=O) groups excluding carboxylic acids is 1. The van der Waals surface area contributed by atoms with Gasteiger partial charge < -0.3 is 19.2 Å². The van der Waals surface area contributed by atoms with Crippen molar-refractivity contribution in [1.82, 2.24) is 5.32 Å². The van der Waals surface area contributed by atoms with Crippen molar-refractivity contribution >= 4 is 48.3 Å². The Bertz CT molecular complexity index is 1530. The van der Waals surface area contributed by atoms with Gasteiger partial charge in [-0.1, -0.05) is 18.7 Å². The quantitative estimate of drug-likeness (QED) is 0.0857. The van der Waals surface area contributed by atoms with Gasteiger partial charge in [0.25, 0.3) is 0 Å². The number of ether oxygens (including phenoxy) is 1. The number of nitrogens with one attached hydrogen (secondary N) is 1. The van der Waals surface area contributed by atoms with E-state index in [-0.39, 0.29) is 83.0 Å². The van der Waals surface area contributed by atoms with Gasteiger partial charge >= 0.3 is 59.1 Å². The van der Waals surface area contributed by atoms with Gasteiger partial charge in [-0.3, -0.25) is 4.79 Å². The minimum atomic E-state index is -4.67. The first-order chi connectivity index (χ1) is 17.0. The van der Waals surface area contributed by atoms with Crippen molar-refractivity contribution in [2.24, 2.45) is 10.2 Å². The van der Waals surface area contributed by atoms with Crippen LogP contribution in [0.4, 0.5) is 11.4 Å². The van der Waals surface area contributed by atoms with Crippen LogP contribution < -0.4 is 69.2 Å². The third kappa shape index (κ3) is 9.83. The van der Waals surface area contributed by atoms with Gasteiger partial charge in [0.05, 0.1) is 22.1 Å². The molecular formula is C23H21N3Na2O8S2. The minimum Gasteiger partial charge on any atom is -0.744 e. The van der Waals surface area contributed by atoms with Gasteiger partial charge in [-0.15, -0.1) is 5.11 Å². The van der Waals surface area contributed by atoms with E-state index < -0.39 is 30.0 Å². The summed E-state index contributed by atoms with van der Waals surface area (Å²) in [5.41, 5.74) is 0.505. The van der Waals surface area contributed by atoms with Crippen LogP contribution in [0.3, 0.4) is 0 Å². The molecule has 190 valence electrons. The van der Waals surface area contributed by atoms with E-state index in [2.05, 4.69) is 22.1 Å². The van der Waals surface area contributed by atoms with Crippen LogP contribution in [-0.2, 0) is 25.0 Å². The molecular weight excluding hydrogens is 556 g/mol. The maximum absolute atomic E-state index is 11.4. The molecule has 0 aliphatic rings. The Balaban J connectivity index is 0.00000361. The van der Waals surface area contributed by atoms with E-state index in [0.29, 0.717) is 35.9 Å². The number of rotatable bonds is 11. The number of hydrogen-bond donors (Lipinski definition) is 1. The van der Waals surface area contributed by atoms with Crippen molar-refractivity contribution in [1.29, 1.82) is 0 Å². The van der Waals surface area contributed by atoms with Crippen molar-refractivity contribution < 1.29 is 94.6 Å². The fourth-order valence-corrected chi connectivity index (χ4v) is 4.10. The Morgan fingerprint density at radius 2 is 1.53 bits per heavy atom. The zero-order chi connectivity index (χ0) is 26.3. The van der Waals surface area contributed by atoms with Gasteiger partial charge in [-0.05, 0) is 66.8 Å². The molecule has 0 atom stereocenters. The summed E-state index contributed by atoms with van der Waals surface area (Å²) in [7, 11) is -9.27. The molecule has 0 aromatic heterocycles. The van der Waals surface area contributed by atoms with Gasteiger partial charge in [0.15, 0.2) is 0 Å². The second-order valence-electron chi connectivity index (χ2n) is 7.45. The van der Waals surface area contributed by atoms with E-state index in [9.17, 15) is 30.7 Å². The number of azo groups is 1. The molecule has 0 spiro atoms.